The molecule has 0 aliphatic heterocycles. The normalized spacial score (nSPS) is 13.4. The van der Waals surface area contributed by atoms with E-state index in [0.717, 1.165) is 25.7 Å². The second-order valence-corrected chi connectivity index (χ2v) is 6.45. The number of carbonyl (C=O) groups excluding carboxylic acids is 2. The number of hydrogen-bond donors (Lipinski definition) is 0. The summed E-state index contributed by atoms with van der Waals surface area (Å²) in [5.41, 5.74) is 0. The van der Waals surface area contributed by atoms with Crippen molar-refractivity contribution in [3.63, 3.8) is 0 Å². The highest BCUT2D eigenvalue weighted by Gasteiger charge is 2.14. The fraction of sp³-hybridized carbons (Fsp3) is 0.895. The summed E-state index contributed by atoms with van der Waals surface area (Å²) in [4.78, 5) is 23.3. The highest BCUT2D eigenvalue weighted by atomic mass is 16.5. The standard InChI is InChI=1S/C19H36O4/c1-5-7-8-9-10-11-13-17(4)23-19(21)15-14-18(20)22-16(3)12-6-2/h16-17H,5-15H2,1-4H3. The second-order valence-electron chi connectivity index (χ2n) is 6.45. The van der Waals surface area contributed by atoms with Gasteiger partial charge < -0.3 is 9.47 Å². The van der Waals surface area contributed by atoms with E-state index in [2.05, 4.69) is 6.92 Å². The van der Waals surface area contributed by atoms with E-state index in [1.54, 1.807) is 0 Å². The Bertz CT molecular complexity index is 314. The van der Waals surface area contributed by atoms with E-state index < -0.39 is 0 Å². The number of esters is 2. The van der Waals surface area contributed by atoms with Gasteiger partial charge in [0.1, 0.15) is 0 Å². The van der Waals surface area contributed by atoms with Crippen molar-refractivity contribution in [1.82, 2.24) is 0 Å². The molecule has 0 rings (SSSR count). The summed E-state index contributed by atoms with van der Waals surface area (Å²) in [7, 11) is 0. The van der Waals surface area contributed by atoms with Gasteiger partial charge in [-0.1, -0.05) is 52.4 Å². The molecule has 0 aliphatic carbocycles. The Balaban J connectivity index is 3.65. The zero-order valence-electron chi connectivity index (χ0n) is 15.6. The number of rotatable bonds is 14. The van der Waals surface area contributed by atoms with Crippen molar-refractivity contribution < 1.29 is 19.1 Å². The molecule has 0 amide bonds. The Labute approximate surface area is 142 Å². The van der Waals surface area contributed by atoms with Gasteiger partial charge in [0.2, 0.25) is 0 Å². The van der Waals surface area contributed by atoms with Crippen LogP contribution in [0.2, 0.25) is 0 Å². The molecule has 0 radical (unpaired) electrons. The summed E-state index contributed by atoms with van der Waals surface area (Å²) in [6.07, 6.45) is 10.2. The van der Waals surface area contributed by atoms with Crippen molar-refractivity contribution in [3.05, 3.63) is 0 Å². The van der Waals surface area contributed by atoms with E-state index in [1.165, 1.54) is 32.1 Å². The maximum absolute atomic E-state index is 11.7. The average molecular weight is 328 g/mol. The zero-order chi connectivity index (χ0) is 17.5. The van der Waals surface area contributed by atoms with Crippen LogP contribution in [0.5, 0.6) is 0 Å². The van der Waals surface area contributed by atoms with Crippen LogP contribution in [0.15, 0.2) is 0 Å². The molecule has 0 aromatic carbocycles. The van der Waals surface area contributed by atoms with Gasteiger partial charge in [0.05, 0.1) is 25.0 Å². The van der Waals surface area contributed by atoms with E-state index >= 15 is 0 Å². The van der Waals surface area contributed by atoms with Crippen LogP contribution in [0.25, 0.3) is 0 Å². The molecule has 0 saturated carbocycles. The molecule has 0 bridgehead atoms. The van der Waals surface area contributed by atoms with E-state index in [1.807, 2.05) is 20.8 Å². The van der Waals surface area contributed by atoms with Crippen LogP contribution in [0.4, 0.5) is 0 Å². The molecule has 0 fully saturated rings. The molecule has 0 aliphatic rings. The van der Waals surface area contributed by atoms with Crippen molar-refractivity contribution in [2.75, 3.05) is 0 Å². The van der Waals surface area contributed by atoms with Gasteiger partial charge in [-0.2, -0.15) is 0 Å². The highest BCUT2D eigenvalue weighted by Crippen LogP contribution is 2.11. The highest BCUT2D eigenvalue weighted by molar-refractivity contribution is 5.77. The number of unbranched alkanes of at least 4 members (excludes halogenated alkanes) is 5. The molecule has 2 atom stereocenters. The van der Waals surface area contributed by atoms with Gasteiger partial charge in [-0.05, 0) is 33.1 Å². The predicted molar refractivity (Wildman–Crippen MR) is 93.2 cm³/mol. The largest absolute Gasteiger partial charge is 0.463 e. The number of ether oxygens (including phenoxy) is 2. The first kappa shape index (κ1) is 21.9. The first-order chi connectivity index (χ1) is 11.0. The molecule has 0 aromatic heterocycles. The third-order valence-electron chi connectivity index (χ3n) is 3.86. The first-order valence-electron chi connectivity index (χ1n) is 9.38. The fourth-order valence-electron chi connectivity index (χ4n) is 2.51. The van der Waals surface area contributed by atoms with Crippen molar-refractivity contribution >= 4 is 11.9 Å². The molecule has 0 heterocycles. The molecule has 0 saturated heterocycles. The third-order valence-corrected chi connectivity index (χ3v) is 3.86. The van der Waals surface area contributed by atoms with Gasteiger partial charge >= 0.3 is 11.9 Å². The first-order valence-corrected chi connectivity index (χ1v) is 9.38. The van der Waals surface area contributed by atoms with E-state index in [4.69, 9.17) is 9.47 Å². The van der Waals surface area contributed by atoms with Crippen molar-refractivity contribution in [1.29, 1.82) is 0 Å². The third kappa shape index (κ3) is 14.3. The minimum Gasteiger partial charge on any atom is -0.463 e. The predicted octanol–water partition coefficient (Wildman–Crippen LogP) is 5.18. The van der Waals surface area contributed by atoms with E-state index in [0.29, 0.717) is 0 Å². The average Bonchev–Trinajstić information content (AvgIpc) is 2.49. The number of carbonyl (C=O) groups is 2. The van der Waals surface area contributed by atoms with Crippen molar-refractivity contribution in [2.45, 2.75) is 111 Å². The second kappa shape index (κ2) is 14.5. The van der Waals surface area contributed by atoms with Crippen LogP contribution in [0.1, 0.15) is 98.3 Å². The smallest absolute Gasteiger partial charge is 0.306 e. The lowest BCUT2D eigenvalue weighted by molar-refractivity contribution is -0.155. The van der Waals surface area contributed by atoms with Crippen LogP contribution in [-0.4, -0.2) is 24.1 Å². The molecule has 0 aromatic rings. The Morgan fingerprint density at radius 3 is 1.70 bits per heavy atom. The van der Waals surface area contributed by atoms with Crippen LogP contribution in [0.3, 0.4) is 0 Å². The monoisotopic (exact) mass is 328 g/mol. The van der Waals surface area contributed by atoms with Crippen molar-refractivity contribution in [3.8, 4) is 0 Å². The van der Waals surface area contributed by atoms with Gasteiger partial charge in [-0.15, -0.1) is 0 Å². The molecular formula is C19H36O4. The maximum Gasteiger partial charge on any atom is 0.306 e. The fourth-order valence-corrected chi connectivity index (χ4v) is 2.51. The van der Waals surface area contributed by atoms with Gasteiger partial charge in [0.15, 0.2) is 0 Å². The Morgan fingerprint density at radius 1 is 0.696 bits per heavy atom. The van der Waals surface area contributed by atoms with Crippen LogP contribution in [0, 0.1) is 0 Å². The van der Waals surface area contributed by atoms with Gasteiger partial charge in [0, 0.05) is 0 Å². The van der Waals surface area contributed by atoms with Crippen LogP contribution in [-0.2, 0) is 19.1 Å². The Morgan fingerprint density at radius 2 is 1.17 bits per heavy atom. The van der Waals surface area contributed by atoms with Gasteiger partial charge in [0.25, 0.3) is 0 Å². The lowest BCUT2D eigenvalue weighted by Gasteiger charge is -2.14. The summed E-state index contributed by atoms with van der Waals surface area (Å²) < 4.78 is 10.5. The van der Waals surface area contributed by atoms with E-state index in [-0.39, 0.29) is 37.0 Å². The summed E-state index contributed by atoms with van der Waals surface area (Å²) in [5.74, 6) is -0.616. The van der Waals surface area contributed by atoms with Gasteiger partial charge in [-0.25, -0.2) is 0 Å². The summed E-state index contributed by atoms with van der Waals surface area (Å²) in [5, 5.41) is 0. The quantitative estimate of drug-likeness (QED) is 0.325. The topological polar surface area (TPSA) is 52.6 Å². The molecule has 4 nitrogen and oxygen atoms in total. The van der Waals surface area contributed by atoms with Crippen LogP contribution >= 0.6 is 0 Å². The summed E-state index contributed by atoms with van der Waals surface area (Å²) in [6, 6.07) is 0. The van der Waals surface area contributed by atoms with Crippen molar-refractivity contribution in [2.24, 2.45) is 0 Å². The molecule has 0 spiro atoms. The molecule has 4 heteroatoms. The molecule has 23 heavy (non-hydrogen) atoms. The Kier molecular flexibility index (Phi) is 13.9. The summed E-state index contributed by atoms with van der Waals surface area (Å²) in [6.45, 7) is 8.06. The molecule has 2 unspecified atom stereocenters. The number of hydrogen-bond acceptors (Lipinski definition) is 4. The SMILES string of the molecule is CCCCCCCCC(C)OC(=O)CCC(=O)OC(C)CCC. The zero-order valence-corrected chi connectivity index (χ0v) is 15.6. The molecule has 136 valence electrons. The van der Waals surface area contributed by atoms with Crippen LogP contribution < -0.4 is 0 Å². The maximum atomic E-state index is 11.7. The lowest BCUT2D eigenvalue weighted by Crippen LogP contribution is -2.18. The van der Waals surface area contributed by atoms with E-state index in [9.17, 15) is 9.59 Å². The molecular weight excluding hydrogens is 292 g/mol. The summed E-state index contributed by atoms with van der Waals surface area (Å²) >= 11 is 0. The van der Waals surface area contributed by atoms with Gasteiger partial charge in [-0.3, -0.25) is 9.59 Å². The minimum atomic E-state index is -0.313. The lowest BCUT2D eigenvalue weighted by atomic mass is 10.1. The molecule has 0 N–H and O–H groups in total. The minimum absolute atomic E-state index is 0.0660. The Hall–Kier alpha value is -1.06.